The third-order valence-corrected chi connectivity index (χ3v) is 8.28. The van der Waals surface area contributed by atoms with Crippen LogP contribution >= 0.6 is 11.8 Å². The lowest BCUT2D eigenvalue weighted by Crippen LogP contribution is -2.44. The number of anilines is 2. The van der Waals surface area contributed by atoms with E-state index in [9.17, 15) is 4.79 Å². The molecule has 2 heterocycles. The van der Waals surface area contributed by atoms with Gasteiger partial charge in [0.1, 0.15) is 0 Å². The Morgan fingerprint density at radius 1 is 1.00 bits per heavy atom. The van der Waals surface area contributed by atoms with Crippen LogP contribution in [0.3, 0.4) is 0 Å². The van der Waals surface area contributed by atoms with Crippen LogP contribution < -0.4 is 10.2 Å². The number of carbonyl (C=O) groups is 1. The Labute approximate surface area is 206 Å². The van der Waals surface area contributed by atoms with Crippen molar-refractivity contribution in [3.05, 3.63) is 84.4 Å². The highest BCUT2D eigenvalue weighted by Gasteiger charge is 2.39. The van der Waals surface area contributed by atoms with Crippen LogP contribution in [0.15, 0.2) is 88.7 Å². The van der Waals surface area contributed by atoms with Gasteiger partial charge in [-0.3, -0.25) is 4.90 Å². The lowest BCUT2D eigenvalue weighted by atomic mass is 9.69. The zero-order chi connectivity index (χ0) is 23.5. The molecule has 0 aromatic heterocycles. The van der Waals surface area contributed by atoms with Crippen molar-refractivity contribution in [2.24, 2.45) is 5.92 Å². The SMILES string of the molecule is CC(C)C1CC(CCNC(=O)N2c3ccccc3Sc3ccccc32)(c2ccccc2)CCO1. The number of nitrogens with one attached hydrogen (secondary N) is 1. The summed E-state index contributed by atoms with van der Waals surface area (Å²) in [5.74, 6) is 0.469. The Hall–Kier alpha value is -2.76. The number of hydrogen-bond acceptors (Lipinski definition) is 3. The number of ether oxygens (including phenoxy) is 1. The van der Waals surface area contributed by atoms with Gasteiger partial charge in [-0.15, -0.1) is 0 Å². The molecule has 1 N–H and O–H groups in total. The van der Waals surface area contributed by atoms with Gasteiger partial charge in [0.05, 0.1) is 17.5 Å². The highest BCUT2D eigenvalue weighted by atomic mass is 32.2. The molecule has 5 rings (SSSR count). The van der Waals surface area contributed by atoms with Gasteiger partial charge in [0.2, 0.25) is 0 Å². The standard InChI is InChI=1S/C29H32N2O2S/c1-21(2)25-20-29(17-19-33-25,22-10-4-3-5-11-22)16-18-30-28(32)31-23-12-6-8-14-26(23)34-27-15-9-7-13-24(27)31/h3-15,21,25H,16-20H2,1-2H3,(H,30,32). The van der Waals surface area contributed by atoms with Crippen molar-refractivity contribution in [1.82, 2.24) is 5.32 Å². The van der Waals surface area contributed by atoms with E-state index >= 15 is 0 Å². The van der Waals surface area contributed by atoms with E-state index in [2.05, 4.69) is 61.6 Å². The third kappa shape index (κ3) is 4.47. The second kappa shape index (κ2) is 9.85. The molecule has 2 unspecified atom stereocenters. The Balaban J connectivity index is 1.36. The van der Waals surface area contributed by atoms with Gasteiger partial charge >= 0.3 is 6.03 Å². The summed E-state index contributed by atoms with van der Waals surface area (Å²) < 4.78 is 6.12. The van der Waals surface area contributed by atoms with Crippen LogP contribution in [-0.4, -0.2) is 25.3 Å². The molecule has 2 aliphatic rings. The number of rotatable bonds is 5. The third-order valence-electron chi connectivity index (χ3n) is 7.15. The average Bonchev–Trinajstić information content (AvgIpc) is 2.87. The molecule has 4 nitrogen and oxygen atoms in total. The maximum absolute atomic E-state index is 13.6. The number of benzene rings is 3. The summed E-state index contributed by atoms with van der Waals surface area (Å²) in [4.78, 5) is 17.6. The average molecular weight is 473 g/mol. The monoisotopic (exact) mass is 472 g/mol. The summed E-state index contributed by atoms with van der Waals surface area (Å²) in [6.07, 6.45) is 3.09. The number of hydrogen-bond donors (Lipinski definition) is 1. The van der Waals surface area contributed by atoms with Gasteiger partial charge in [0.15, 0.2) is 0 Å². The predicted octanol–water partition coefficient (Wildman–Crippen LogP) is 7.16. The normalized spacial score (nSPS) is 21.6. The minimum atomic E-state index is -0.0733. The molecule has 2 aliphatic heterocycles. The molecule has 2 amide bonds. The van der Waals surface area contributed by atoms with Crippen molar-refractivity contribution in [3.8, 4) is 0 Å². The Kier molecular flexibility index (Phi) is 6.66. The molecule has 176 valence electrons. The van der Waals surface area contributed by atoms with Crippen LogP contribution in [-0.2, 0) is 10.2 Å². The fourth-order valence-corrected chi connectivity index (χ4v) is 6.27. The Bertz CT molecular complexity index is 1100. The molecular formula is C29H32N2O2S. The Morgan fingerprint density at radius 3 is 2.26 bits per heavy atom. The fraction of sp³-hybridized carbons (Fsp3) is 0.345. The maximum Gasteiger partial charge on any atom is 0.326 e. The van der Waals surface area contributed by atoms with E-state index in [0.29, 0.717) is 12.5 Å². The first kappa shape index (κ1) is 23.0. The first-order valence-corrected chi connectivity index (χ1v) is 13.0. The van der Waals surface area contributed by atoms with E-state index in [-0.39, 0.29) is 17.6 Å². The van der Waals surface area contributed by atoms with E-state index in [0.717, 1.165) is 47.0 Å². The summed E-state index contributed by atoms with van der Waals surface area (Å²) >= 11 is 1.71. The van der Waals surface area contributed by atoms with Gasteiger partial charge < -0.3 is 10.1 Å². The molecular weight excluding hydrogens is 440 g/mol. The van der Waals surface area contributed by atoms with Gasteiger partial charge in [-0.05, 0) is 55.0 Å². The lowest BCUT2D eigenvalue weighted by molar-refractivity contribution is -0.0467. The molecule has 0 bridgehead atoms. The highest BCUT2D eigenvalue weighted by molar-refractivity contribution is 7.99. The first-order valence-electron chi connectivity index (χ1n) is 12.2. The van der Waals surface area contributed by atoms with Gasteiger partial charge in [0.25, 0.3) is 0 Å². The van der Waals surface area contributed by atoms with Crippen molar-refractivity contribution in [1.29, 1.82) is 0 Å². The number of fused-ring (bicyclic) bond motifs is 2. The zero-order valence-corrected chi connectivity index (χ0v) is 20.7. The summed E-state index contributed by atoms with van der Waals surface area (Å²) in [6, 6.07) is 26.9. The molecule has 3 aromatic rings. The minimum absolute atomic E-state index is 0.00922. The number of amides is 2. The molecule has 0 saturated carbocycles. The number of carbonyl (C=O) groups excluding carboxylic acids is 1. The van der Waals surface area contributed by atoms with Crippen LogP contribution in [0.1, 0.15) is 38.7 Å². The summed E-state index contributed by atoms with van der Waals surface area (Å²) in [6.45, 7) is 5.84. The van der Waals surface area contributed by atoms with E-state index in [1.807, 2.05) is 41.3 Å². The van der Waals surface area contributed by atoms with Crippen molar-refractivity contribution in [3.63, 3.8) is 0 Å². The quantitative estimate of drug-likeness (QED) is 0.428. The molecule has 0 radical (unpaired) electrons. The molecule has 1 fully saturated rings. The molecule has 5 heteroatoms. The molecule has 3 aromatic carbocycles. The zero-order valence-electron chi connectivity index (χ0n) is 19.9. The lowest BCUT2D eigenvalue weighted by Gasteiger charge is -2.43. The molecule has 0 spiro atoms. The first-order chi connectivity index (χ1) is 16.6. The number of para-hydroxylation sites is 2. The molecule has 0 aliphatic carbocycles. The molecule has 2 atom stereocenters. The summed E-state index contributed by atoms with van der Waals surface area (Å²) in [7, 11) is 0. The Morgan fingerprint density at radius 2 is 1.62 bits per heavy atom. The summed E-state index contributed by atoms with van der Waals surface area (Å²) in [5.41, 5.74) is 3.23. The van der Waals surface area contributed by atoms with Gasteiger partial charge in [-0.25, -0.2) is 4.79 Å². The van der Waals surface area contributed by atoms with Gasteiger partial charge in [0, 0.05) is 28.4 Å². The molecule has 1 saturated heterocycles. The van der Waals surface area contributed by atoms with E-state index in [4.69, 9.17) is 4.74 Å². The van der Waals surface area contributed by atoms with E-state index in [1.54, 1.807) is 11.8 Å². The fourth-order valence-electron chi connectivity index (χ4n) is 5.22. The minimum Gasteiger partial charge on any atom is -0.378 e. The van der Waals surface area contributed by atoms with Crippen molar-refractivity contribution >= 4 is 29.2 Å². The highest BCUT2D eigenvalue weighted by Crippen LogP contribution is 2.48. The van der Waals surface area contributed by atoms with Crippen molar-refractivity contribution in [2.45, 2.75) is 54.4 Å². The number of nitrogens with zero attached hydrogens (tertiary/aromatic N) is 1. The van der Waals surface area contributed by atoms with E-state index in [1.165, 1.54) is 5.56 Å². The van der Waals surface area contributed by atoms with Crippen LogP contribution in [0.2, 0.25) is 0 Å². The van der Waals surface area contributed by atoms with Crippen LogP contribution in [0.4, 0.5) is 16.2 Å². The van der Waals surface area contributed by atoms with Gasteiger partial charge in [-0.1, -0.05) is 80.2 Å². The van der Waals surface area contributed by atoms with E-state index < -0.39 is 0 Å². The number of urea groups is 1. The second-order valence-electron chi connectivity index (χ2n) is 9.61. The second-order valence-corrected chi connectivity index (χ2v) is 10.7. The van der Waals surface area contributed by atoms with Gasteiger partial charge in [-0.2, -0.15) is 0 Å². The maximum atomic E-state index is 13.6. The van der Waals surface area contributed by atoms with Crippen LogP contribution in [0.25, 0.3) is 0 Å². The molecule has 34 heavy (non-hydrogen) atoms. The predicted molar refractivity (Wildman–Crippen MR) is 139 cm³/mol. The topological polar surface area (TPSA) is 41.6 Å². The smallest absolute Gasteiger partial charge is 0.326 e. The van der Waals surface area contributed by atoms with Crippen LogP contribution in [0.5, 0.6) is 0 Å². The van der Waals surface area contributed by atoms with Crippen LogP contribution in [0, 0.1) is 5.92 Å². The summed E-state index contributed by atoms with van der Waals surface area (Å²) in [5, 5.41) is 3.26. The van der Waals surface area contributed by atoms with Crippen molar-refractivity contribution in [2.75, 3.05) is 18.1 Å². The van der Waals surface area contributed by atoms with Crippen molar-refractivity contribution < 1.29 is 9.53 Å². The largest absolute Gasteiger partial charge is 0.378 e.